The van der Waals surface area contributed by atoms with E-state index in [9.17, 15) is 4.79 Å². The number of carbonyl (C=O) groups excluding carboxylic acids is 1. The van der Waals surface area contributed by atoms with E-state index in [4.69, 9.17) is 0 Å². The molecule has 3 nitrogen and oxygen atoms in total. The van der Waals surface area contributed by atoms with Crippen molar-refractivity contribution < 1.29 is 4.79 Å². The second kappa shape index (κ2) is 7.29. The van der Waals surface area contributed by atoms with E-state index in [-0.39, 0.29) is 5.91 Å². The molecule has 1 saturated heterocycles. The summed E-state index contributed by atoms with van der Waals surface area (Å²) >= 11 is 0. The third kappa shape index (κ3) is 4.35. The Labute approximate surface area is 116 Å². The first-order valence-electron chi connectivity index (χ1n) is 7.32. The Bertz CT molecular complexity index is 385. The van der Waals surface area contributed by atoms with E-state index < -0.39 is 0 Å². The average Bonchev–Trinajstić information content (AvgIpc) is 2.47. The Morgan fingerprint density at radius 3 is 2.58 bits per heavy atom. The predicted molar refractivity (Wildman–Crippen MR) is 78.0 cm³/mol. The third-order valence-electron chi connectivity index (χ3n) is 3.87. The van der Waals surface area contributed by atoms with Gasteiger partial charge in [-0.2, -0.15) is 0 Å². The summed E-state index contributed by atoms with van der Waals surface area (Å²) in [5.74, 6) is 0.924. The minimum atomic E-state index is 0.257. The van der Waals surface area contributed by atoms with Crippen molar-refractivity contribution in [2.24, 2.45) is 5.92 Å². The van der Waals surface area contributed by atoms with Crippen molar-refractivity contribution >= 4 is 5.91 Å². The molecular weight excluding hydrogens is 236 g/mol. The molecule has 1 aromatic carbocycles. The Kier molecular flexibility index (Phi) is 5.40. The van der Waals surface area contributed by atoms with Gasteiger partial charge in [-0.25, -0.2) is 0 Å². The maximum Gasteiger partial charge on any atom is 0.226 e. The summed E-state index contributed by atoms with van der Waals surface area (Å²) in [7, 11) is 0. The zero-order chi connectivity index (χ0) is 13.5. The molecule has 0 radical (unpaired) electrons. The lowest BCUT2D eigenvalue weighted by molar-refractivity contribution is -0.131. The minimum absolute atomic E-state index is 0.257. The summed E-state index contributed by atoms with van der Waals surface area (Å²) in [6.45, 7) is 5.99. The van der Waals surface area contributed by atoms with Crippen molar-refractivity contribution in [1.82, 2.24) is 10.2 Å². The highest BCUT2D eigenvalue weighted by Gasteiger charge is 2.19. The summed E-state index contributed by atoms with van der Waals surface area (Å²) in [4.78, 5) is 14.3. The van der Waals surface area contributed by atoms with Crippen LogP contribution in [0.15, 0.2) is 30.3 Å². The van der Waals surface area contributed by atoms with Gasteiger partial charge in [0.15, 0.2) is 0 Å². The van der Waals surface area contributed by atoms with Gasteiger partial charge in [-0.05, 0) is 44.3 Å². The van der Waals surface area contributed by atoms with Crippen LogP contribution in [0.1, 0.15) is 25.3 Å². The molecular formula is C16H24N2O. The molecule has 0 bridgehead atoms. The normalized spacial score (nSPS) is 16.3. The van der Waals surface area contributed by atoms with Crippen LogP contribution in [0.5, 0.6) is 0 Å². The quantitative estimate of drug-likeness (QED) is 0.879. The Balaban J connectivity index is 1.87. The van der Waals surface area contributed by atoms with E-state index in [0.717, 1.165) is 31.7 Å². The number of carbonyl (C=O) groups is 1. The summed E-state index contributed by atoms with van der Waals surface area (Å²) in [5, 5.41) is 3.37. The maximum absolute atomic E-state index is 12.3. The molecule has 1 aliphatic rings. The number of hydrogen-bond donors (Lipinski definition) is 1. The molecule has 19 heavy (non-hydrogen) atoms. The lowest BCUT2D eigenvalue weighted by Gasteiger charge is -2.29. The monoisotopic (exact) mass is 260 g/mol. The van der Waals surface area contributed by atoms with Crippen LogP contribution >= 0.6 is 0 Å². The van der Waals surface area contributed by atoms with E-state index in [1.165, 1.54) is 12.8 Å². The van der Waals surface area contributed by atoms with Crippen LogP contribution in [0.25, 0.3) is 0 Å². The number of nitrogens with zero attached hydrogens (tertiary/aromatic N) is 1. The van der Waals surface area contributed by atoms with Gasteiger partial charge in [0.1, 0.15) is 0 Å². The predicted octanol–water partition coefficient (Wildman–Crippen LogP) is 2.08. The lowest BCUT2D eigenvalue weighted by Crippen LogP contribution is -2.39. The molecule has 104 valence electrons. The van der Waals surface area contributed by atoms with Crippen LogP contribution in [-0.4, -0.2) is 37.0 Å². The standard InChI is InChI=1S/C16H24N2O/c1-2-18(13-15-8-10-17-11-9-15)16(19)12-14-6-4-3-5-7-14/h3-7,15,17H,2,8-13H2,1H3. The van der Waals surface area contributed by atoms with E-state index in [1.54, 1.807) is 0 Å². The van der Waals surface area contributed by atoms with Crippen molar-refractivity contribution in [3.05, 3.63) is 35.9 Å². The van der Waals surface area contributed by atoms with Crippen LogP contribution in [-0.2, 0) is 11.2 Å². The number of benzene rings is 1. The molecule has 0 aliphatic carbocycles. The number of nitrogens with one attached hydrogen (secondary N) is 1. The highest BCUT2D eigenvalue weighted by atomic mass is 16.2. The second-order valence-electron chi connectivity index (χ2n) is 5.29. The summed E-state index contributed by atoms with van der Waals surface area (Å²) < 4.78 is 0. The Morgan fingerprint density at radius 1 is 1.26 bits per heavy atom. The molecule has 1 aliphatic heterocycles. The number of likely N-dealkylation sites (N-methyl/N-ethyl adjacent to an activating group) is 1. The van der Waals surface area contributed by atoms with E-state index in [2.05, 4.69) is 12.2 Å². The fourth-order valence-corrected chi connectivity index (χ4v) is 2.67. The largest absolute Gasteiger partial charge is 0.342 e. The number of piperidine rings is 1. The van der Waals surface area contributed by atoms with Crippen molar-refractivity contribution in [2.75, 3.05) is 26.2 Å². The molecule has 0 spiro atoms. The average molecular weight is 260 g/mol. The molecule has 1 fully saturated rings. The van der Waals surface area contributed by atoms with Crippen molar-refractivity contribution in [3.63, 3.8) is 0 Å². The molecule has 0 aromatic heterocycles. The van der Waals surface area contributed by atoms with Crippen LogP contribution in [0.2, 0.25) is 0 Å². The zero-order valence-corrected chi connectivity index (χ0v) is 11.8. The lowest BCUT2D eigenvalue weighted by atomic mass is 9.97. The highest BCUT2D eigenvalue weighted by Crippen LogP contribution is 2.14. The first-order chi connectivity index (χ1) is 9.29. The first-order valence-corrected chi connectivity index (χ1v) is 7.32. The second-order valence-corrected chi connectivity index (χ2v) is 5.29. The molecule has 1 heterocycles. The topological polar surface area (TPSA) is 32.3 Å². The summed E-state index contributed by atoms with van der Waals surface area (Å²) in [6, 6.07) is 10.0. The SMILES string of the molecule is CCN(CC1CCNCC1)C(=O)Cc1ccccc1. The number of rotatable bonds is 5. The van der Waals surface area contributed by atoms with Gasteiger partial charge >= 0.3 is 0 Å². The number of amides is 1. The minimum Gasteiger partial charge on any atom is -0.342 e. The van der Waals surface area contributed by atoms with Gasteiger partial charge < -0.3 is 10.2 Å². The van der Waals surface area contributed by atoms with E-state index in [1.807, 2.05) is 35.2 Å². The van der Waals surface area contributed by atoms with Crippen LogP contribution in [0.4, 0.5) is 0 Å². The van der Waals surface area contributed by atoms with Gasteiger partial charge in [-0.1, -0.05) is 30.3 Å². The van der Waals surface area contributed by atoms with Crippen molar-refractivity contribution in [3.8, 4) is 0 Å². The van der Waals surface area contributed by atoms with Gasteiger partial charge in [0.2, 0.25) is 5.91 Å². The van der Waals surface area contributed by atoms with Gasteiger partial charge in [-0.15, -0.1) is 0 Å². The summed E-state index contributed by atoms with van der Waals surface area (Å²) in [5.41, 5.74) is 1.11. The van der Waals surface area contributed by atoms with Crippen molar-refractivity contribution in [2.45, 2.75) is 26.2 Å². The molecule has 3 heteroatoms. The smallest absolute Gasteiger partial charge is 0.226 e. The molecule has 0 unspecified atom stereocenters. The van der Waals surface area contributed by atoms with Crippen molar-refractivity contribution in [1.29, 1.82) is 0 Å². The fraction of sp³-hybridized carbons (Fsp3) is 0.562. The fourth-order valence-electron chi connectivity index (χ4n) is 2.67. The van der Waals surface area contributed by atoms with Crippen LogP contribution in [0.3, 0.4) is 0 Å². The Morgan fingerprint density at radius 2 is 1.95 bits per heavy atom. The highest BCUT2D eigenvalue weighted by molar-refractivity contribution is 5.78. The Hall–Kier alpha value is -1.35. The molecule has 0 atom stereocenters. The molecule has 1 aromatic rings. The molecule has 1 amide bonds. The van der Waals surface area contributed by atoms with Crippen LogP contribution < -0.4 is 5.32 Å². The zero-order valence-electron chi connectivity index (χ0n) is 11.8. The molecule has 2 rings (SSSR count). The summed E-state index contributed by atoms with van der Waals surface area (Å²) in [6.07, 6.45) is 2.91. The maximum atomic E-state index is 12.3. The van der Waals surface area contributed by atoms with Gasteiger partial charge in [0, 0.05) is 13.1 Å². The van der Waals surface area contributed by atoms with Crippen LogP contribution in [0, 0.1) is 5.92 Å². The van der Waals surface area contributed by atoms with E-state index in [0.29, 0.717) is 12.3 Å². The third-order valence-corrected chi connectivity index (χ3v) is 3.87. The molecule has 1 N–H and O–H groups in total. The van der Waals surface area contributed by atoms with Gasteiger partial charge in [-0.3, -0.25) is 4.79 Å². The number of hydrogen-bond acceptors (Lipinski definition) is 2. The van der Waals surface area contributed by atoms with Gasteiger partial charge in [0.05, 0.1) is 6.42 Å². The first kappa shape index (κ1) is 14.1. The van der Waals surface area contributed by atoms with E-state index >= 15 is 0 Å². The molecule has 0 saturated carbocycles. The van der Waals surface area contributed by atoms with Gasteiger partial charge in [0.25, 0.3) is 0 Å².